The molecule has 21 heavy (non-hydrogen) atoms. The molecule has 0 saturated carbocycles. The van der Waals surface area contributed by atoms with Gasteiger partial charge in [0.15, 0.2) is 0 Å². The lowest BCUT2D eigenvalue weighted by molar-refractivity contribution is 0.466. The highest BCUT2D eigenvalue weighted by atomic mass is 32.2. The largest absolute Gasteiger partial charge is 0.411 e. The van der Waals surface area contributed by atoms with Crippen molar-refractivity contribution < 1.29 is 12.8 Å². The van der Waals surface area contributed by atoms with E-state index in [4.69, 9.17) is 4.42 Å². The van der Waals surface area contributed by atoms with Crippen LogP contribution in [0.1, 0.15) is 6.42 Å². The minimum Gasteiger partial charge on any atom is -0.411 e. The Bertz CT molecular complexity index is 669. The molecule has 0 N–H and O–H groups in total. The molecule has 0 fully saturated rings. The van der Waals surface area contributed by atoms with Crippen LogP contribution in [0.5, 0.6) is 0 Å². The van der Waals surface area contributed by atoms with Crippen LogP contribution in [0.3, 0.4) is 0 Å². The van der Waals surface area contributed by atoms with Gasteiger partial charge in [-0.1, -0.05) is 30.0 Å². The molecule has 0 atom stereocenters. The molecule has 0 aliphatic carbocycles. The first kappa shape index (κ1) is 16.0. The van der Waals surface area contributed by atoms with Gasteiger partial charge in [-0.2, -0.15) is 0 Å². The second-order valence-corrected chi connectivity index (χ2v) is 7.89. The van der Waals surface area contributed by atoms with Crippen LogP contribution >= 0.6 is 11.8 Å². The molecule has 8 heteroatoms. The molecular formula is C13H17N3O3S2. The van der Waals surface area contributed by atoms with Crippen LogP contribution in [0.2, 0.25) is 0 Å². The lowest BCUT2D eigenvalue weighted by atomic mass is 10.2. The van der Waals surface area contributed by atoms with Gasteiger partial charge in [0.05, 0.1) is 5.75 Å². The highest BCUT2D eigenvalue weighted by Crippen LogP contribution is 2.23. The van der Waals surface area contributed by atoms with Crippen LogP contribution in [0.15, 0.2) is 40.0 Å². The number of benzene rings is 1. The Labute approximate surface area is 128 Å². The summed E-state index contributed by atoms with van der Waals surface area (Å²) >= 11 is 1.37. The van der Waals surface area contributed by atoms with Crippen LogP contribution < -0.4 is 0 Å². The van der Waals surface area contributed by atoms with E-state index in [-0.39, 0.29) is 5.75 Å². The van der Waals surface area contributed by atoms with E-state index in [9.17, 15) is 8.42 Å². The lowest BCUT2D eigenvalue weighted by Gasteiger charge is -2.09. The average molecular weight is 327 g/mol. The summed E-state index contributed by atoms with van der Waals surface area (Å²) in [7, 11) is -0.0684. The highest BCUT2D eigenvalue weighted by Gasteiger charge is 2.13. The van der Waals surface area contributed by atoms with Gasteiger partial charge in [0.2, 0.25) is 15.9 Å². The maximum absolute atomic E-state index is 11.6. The Kier molecular flexibility index (Phi) is 5.38. The van der Waals surface area contributed by atoms with Crippen molar-refractivity contribution in [1.82, 2.24) is 14.5 Å². The molecule has 1 heterocycles. The van der Waals surface area contributed by atoms with Gasteiger partial charge in [0.1, 0.15) is 0 Å². The summed E-state index contributed by atoms with van der Waals surface area (Å²) in [6, 6.07) is 9.51. The molecule has 6 nitrogen and oxygen atoms in total. The predicted octanol–water partition coefficient (Wildman–Crippen LogP) is 2.11. The second-order valence-electron chi connectivity index (χ2n) is 4.54. The predicted molar refractivity (Wildman–Crippen MR) is 82.5 cm³/mol. The number of rotatable bonds is 7. The van der Waals surface area contributed by atoms with Gasteiger partial charge < -0.3 is 4.42 Å². The van der Waals surface area contributed by atoms with Gasteiger partial charge in [-0.15, -0.1) is 10.2 Å². The molecule has 0 bridgehead atoms. The molecule has 1 aromatic heterocycles. The maximum atomic E-state index is 11.6. The standard InChI is InChI=1S/C13H17N3O3S2/c1-16(2)21(17,18)10-6-9-20-13-15-14-12(19-13)11-7-4-3-5-8-11/h3-5,7-8H,6,9-10H2,1-2H3. The van der Waals surface area contributed by atoms with Crippen molar-refractivity contribution in [2.24, 2.45) is 0 Å². The summed E-state index contributed by atoms with van der Waals surface area (Å²) in [6.07, 6.45) is 0.536. The molecule has 114 valence electrons. The minimum absolute atomic E-state index is 0.118. The third-order valence-corrected chi connectivity index (χ3v) is 5.58. The molecule has 0 aliphatic heterocycles. The molecule has 0 amide bonds. The average Bonchev–Trinajstić information content (AvgIpc) is 2.93. The van der Waals surface area contributed by atoms with E-state index < -0.39 is 10.0 Å². The maximum Gasteiger partial charge on any atom is 0.276 e. The third-order valence-electron chi connectivity index (χ3n) is 2.76. The SMILES string of the molecule is CN(C)S(=O)(=O)CCCSc1nnc(-c2ccccc2)o1. The van der Waals surface area contributed by atoms with E-state index in [2.05, 4.69) is 10.2 Å². The van der Waals surface area contributed by atoms with Crippen molar-refractivity contribution in [2.75, 3.05) is 25.6 Å². The normalized spacial score (nSPS) is 12.0. The molecule has 2 rings (SSSR count). The fourth-order valence-electron chi connectivity index (χ4n) is 1.55. The molecule has 0 aliphatic rings. The lowest BCUT2D eigenvalue weighted by Crippen LogP contribution is -2.25. The number of hydrogen-bond acceptors (Lipinski definition) is 6. The molecule has 0 spiro atoms. The van der Waals surface area contributed by atoms with Gasteiger partial charge in [-0.05, 0) is 18.6 Å². The van der Waals surface area contributed by atoms with Gasteiger partial charge in [-0.3, -0.25) is 0 Å². The van der Waals surface area contributed by atoms with Crippen molar-refractivity contribution in [1.29, 1.82) is 0 Å². The Morgan fingerprint density at radius 3 is 2.57 bits per heavy atom. The molecule has 0 unspecified atom stereocenters. The monoisotopic (exact) mass is 327 g/mol. The quantitative estimate of drug-likeness (QED) is 0.572. The zero-order valence-corrected chi connectivity index (χ0v) is 13.5. The Hall–Kier alpha value is -1.38. The van der Waals surface area contributed by atoms with Crippen LogP contribution in [0, 0.1) is 0 Å². The van der Waals surface area contributed by atoms with E-state index in [1.54, 1.807) is 0 Å². The summed E-state index contributed by atoms with van der Waals surface area (Å²) in [6.45, 7) is 0. The van der Waals surface area contributed by atoms with Gasteiger partial charge in [0, 0.05) is 25.4 Å². The smallest absolute Gasteiger partial charge is 0.276 e. The van der Waals surface area contributed by atoms with Crippen LogP contribution in [0.25, 0.3) is 11.5 Å². The van der Waals surface area contributed by atoms with E-state index in [1.165, 1.54) is 30.2 Å². The van der Waals surface area contributed by atoms with Gasteiger partial charge >= 0.3 is 0 Å². The molecule has 0 saturated heterocycles. The Balaban J connectivity index is 1.84. The first-order chi connectivity index (χ1) is 9.99. The topological polar surface area (TPSA) is 76.3 Å². The van der Waals surface area contributed by atoms with Crippen molar-refractivity contribution >= 4 is 21.8 Å². The van der Waals surface area contributed by atoms with Crippen molar-refractivity contribution in [2.45, 2.75) is 11.6 Å². The second kappa shape index (κ2) is 7.06. The highest BCUT2D eigenvalue weighted by molar-refractivity contribution is 7.99. The van der Waals surface area contributed by atoms with Gasteiger partial charge in [0.25, 0.3) is 5.22 Å². The Morgan fingerprint density at radius 1 is 1.19 bits per heavy atom. The Morgan fingerprint density at radius 2 is 1.90 bits per heavy atom. The van der Waals surface area contributed by atoms with E-state index in [1.807, 2.05) is 30.3 Å². The van der Waals surface area contributed by atoms with E-state index >= 15 is 0 Å². The first-order valence-corrected chi connectivity index (χ1v) is 9.00. The molecular weight excluding hydrogens is 310 g/mol. The molecule has 2 aromatic rings. The minimum atomic E-state index is -3.14. The summed E-state index contributed by atoms with van der Waals surface area (Å²) < 4.78 is 30.0. The molecule has 1 aromatic carbocycles. The van der Waals surface area contributed by atoms with Crippen molar-refractivity contribution in [3.8, 4) is 11.5 Å². The van der Waals surface area contributed by atoms with Crippen LogP contribution in [-0.2, 0) is 10.0 Å². The zero-order chi connectivity index (χ0) is 15.3. The van der Waals surface area contributed by atoms with Crippen molar-refractivity contribution in [3.63, 3.8) is 0 Å². The number of hydrogen-bond donors (Lipinski definition) is 0. The fraction of sp³-hybridized carbons (Fsp3) is 0.385. The zero-order valence-electron chi connectivity index (χ0n) is 11.9. The van der Waals surface area contributed by atoms with Crippen molar-refractivity contribution in [3.05, 3.63) is 30.3 Å². The number of sulfonamides is 1. The molecule has 0 radical (unpaired) electrons. The number of aromatic nitrogens is 2. The summed E-state index contributed by atoms with van der Waals surface area (Å²) in [4.78, 5) is 0. The van der Waals surface area contributed by atoms with E-state index in [0.717, 1.165) is 5.56 Å². The first-order valence-electron chi connectivity index (χ1n) is 6.41. The summed E-state index contributed by atoms with van der Waals surface area (Å²) in [5.41, 5.74) is 0.868. The van der Waals surface area contributed by atoms with Gasteiger partial charge in [-0.25, -0.2) is 12.7 Å². The number of nitrogens with zero attached hydrogens (tertiary/aromatic N) is 3. The summed E-state index contributed by atoms with van der Waals surface area (Å²) in [5.74, 6) is 1.20. The third kappa shape index (κ3) is 4.55. The van der Waals surface area contributed by atoms with Crippen LogP contribution in [0.4, 0.5) is 0 Å². The van der Waals surface area contributed by atoms with Crippen LogP contribution in [-0.4, -0.2) is 48.5 Å². The fourth-order valence-corrected chi connectivity index (χ4v) is 3.31. The number of thioether (sulfide) groups is 1. The van der Waals surface area contributed by atoms with E-state index in [0.29, 0.717) is 23.3 Å². The summed E-state index contributed by atoms with van der Waals surface area (Å²) in [5, 5.41) is 8.38.